The number of aryl methyl sites for hydroxylation is 1. The molecule has 1 heterocycles. The molecule has 0 saturated heterocycles. The standard InChI is InChI=1S/C27H28N2O6S/c1-33-24-17-19(18-25(34-2)27(24)35-3)10-15-26(30)28-21-11-13-22(14-12-21)36(31,32)29-16-6-8-20-7-4-5-9-23(20)29/h4-5,7,9-15,17-18H,6,8,16H2,1-3H3,(H,28,30)/b15-10+. The molecular weight excluding hydrogens is 480 g/mol. The normalized spacial score (nSPS) is 13.2. The van der Waals surface area contributed by atoms with Gasteiger partial charge in [-0.3, -0.25) is 9.10 Å². The lowest BCUT2D eigenvalue weighted by Gasteiger charge is -2.30. The largest absolute Gasteiger partial charge is 0.493 e. The van der Waals surface area contributed by atoms with Gasteiger partial charge in [0.25, 0.3) is 10.0 Å². The average molecular weight is 509 g/mol. The number of carbonyl (C=O) groups excluding carboxylic acids is 1. The molecule has 0 spiro atoms. The number of benzene rings is 3. The van der Waals surface area contributed by atoms with Gasteiger partial charge in [-0.05, 0) is 72.5 Å². The van der Waals surface area contributed by atoms with E-state index in [4.69, 9.17) is 14.2 Å². The van der Waals surface area contributed by atoms with E-state index in [1.807, 2.05) is 24.3 Å². The van der Waals surface area contributed by atoms with E-state index in [1.54, 1.807) is 30.3 Å². The molecule has 0 aromatic heterocycles. The molecule has 3 aromatic rings. The van der Waals surface area contributed by atoms with Crippen molar-refractivity contribution in [3.63, 3.8) is 0 Å². The Bertz CT molecular complexity index is 1360. The number of hydrogen-bond donors (Lipinski definition) is 1. The first-order valence-electron chi connectivity index (χ1n) is 11.4. The SMILES string of the molecule is COc1cc(/C=C/C(=O)Nc2ccc(S(=O)(=O)N3CCCc4ccccc43)cc2)cc(OC)c1OC. The Kier molecular flexibility index (Phi) is 7.49. The highest BCUT2D eigenvalue weighted by Crippen LogP contribution is 2.38. The molecule has 0 unspecified atom stereocenters. The van der Waals surface area contributed by atoms with Crippen LogP contribution in [0.3, 0.4) is 0 Å². The van der Waals surface area contributed by atoms with Crippen LogP contribution in [-0.4, -0.2) is 42.2 Å². The number of hydrogen-bond acceptors (Lipinski definition) is 6. The first-order valence-corrected chi connectivity index (χ1v) is 12.8. The van der Waals surface area contributed by atoms with E-state index in [0.717, 1.165) is 24.1 Å². The third kappa shape index (κ3) is 5.16. The van der Waals surface area contributed by atoms with Gasteiger partial charge in [0.1, 0.15) is 0 Å². The van der Waals surface area contributed by atoms with Crippen LogP contribution in [-0.2, 0) is 21.2 Å². The number of anilines is 2. The zero-order valence-corrected chi connectivity index (χ0v) is 21.2. The van der Waals surface area contributed by atoms with Crippen molar-refractivity contribution in [1.82, 2.24) is 0 Å². The van der Waals surface area contributed by atoms with Gasteiger partial charge in [-0.2, -0.15) is 0 Å². The summed E-state index contributed by atoms with van der Waals surface area (Å²) in [5, 5.41) is 2.74. The number of rotatable bonds is 8. The van der Waals surface area contributed by atoms with Crippen molar-refractivity contribution >= 4 is 33.4 Å². The Balaban J connectivity index is 1.47. The predicted molar refractivity (Wildman–Crippen MR) is 139 cm³/mol. The van der Waals surface area contributed by atoms with Crippen molar-refractivity contribution in [2.75, 3.05) is 37.5 Å². The predicted octanol–water partition coefficient (Wildman–Crippen LogP) is 4.51. The molecule has 36 heavy (non-hydrogen) atoms. The summed E-state index contributed by atoms with van der Waals surface area (Å²) in [5.41, 5.74) is 2.91. The number of amides is 1. The summed E-state index contributed by atoms with van der Waals surface area (Å²) in [7, 11) is 0.844. The van der Waals surface area contributed by atoms with Crippen LogP contribution in [0.1, 0.15) is 17.5 Å². The van der Waals surface area contributed by atoms with Crippen LogP contribution >= 0.6 is 0 Å². The maximum absolute atomic E-state index is 13.3. The van der Waals surface area contributed by atoms with E-state index in [0.29, 0.717) is 35.0 Å². The van der Waals surface area contributed by atoms with Gasteiger partial charge in [0, 0.05) is 18.3 Å². The highest BCUT2D eigenvalue weighted by Gasteiger charge is 2.28. The summed E-state index contributed by atoms with van der Waals surface area (Å²) in [6.07, 6.45) is 4.61. The van der Waals surface area contributed by atoms with Gasteiger partial charge in [0.15, 0.2) is 11.5 Å². The molecule has 4 rings (SSSR count). The number of nitrogens with one attached hydrogen (secondary N) is 1. The second kappa shape index (κ2) is 10.7. The molecule has 9 heteroatoms. The lowest BCUT2D eigenvalue weighted by molar-refractivity contribution is -0.111. The number of sulfonamides is 1. The molecule has 1 amide bonds. The van der Waals surface area contributed by atoms with Crippen molar-refractivity contribution in [3.05, 3.63) is 77.9 Å². The van der Waals surface area contributed by atoms with Crippen molar-refractivity contribution in [2.45, 2.75) is 17.7 Å². The molecule has 0 radical (unpaired) electrons. The fraction of sp³-hybridized carbons (Fsp3) is 0.222. The Morgan fingerprint density at radius 3 is 2.25 bits per heavy atom. The third-order valence-corrected chi connectivity index (χ3v) is 7.72. The summed E-state index contributed by atoms with van der Waals surface area (Å²) < 4.78 is 44.0. The summed E-state index contributed by atoms with van der Waals surface area (Å²) in [6.45, 7) is 0.434. The first kappa shape index (κ1) is 25.1. The maximum Gasteiger partial charge on any atom is 0.264 e. The summed E-state index contributed by atoms with van der Waals surface area (Å²) >= 11 is 0. The molecule has 8 nitrogen and oxygen atoms in total. The molecule has 0 fully saturated rings. The fourth-order valence-electron chi connectivity index (χ4n) is 4.14. The van der Waals surface area contributed by atoms with Crippen molar-refractivity contribution in [3.8, 4) is 17.2 Å². The Morgan fingerprint density at radius 2 is 1.61 bits per heavy atom. The molecule has 188 valence electrons. The Labute approximate surface area is 211 Å². The summed E-state index contributed by atoms with van der Waals surface area (Å²) in [6, 6.07) is 17.2. The third-order valence-electron chi connectivity index (χ3n) is 5.89. The number of fused-ring (bicyclic) bond motifs is 1. The summed E-state index contributed by atoms with van der Waals surface area (Å²) in [4.78, 5) is 12.6. The van der Waals surface area contributed by atoms with E-state index in [1.165, 1.54) is 43.8 Å². The van der Waals surface area contributed by atoms with Crippen LogP contribution in [0.4, 0.5) is 11.4 Å². The van der Waals surface area contributed by atoms with Gasteiger partial charge in [0.05, 0.1) is 31.9 Å². The molecule has 3 aromatic carbocycles. The zero-order valence-electron chi connectivity index (χ0n) is 20.4. The Morgan fingerprint density at radius 1 is 0.944 bits per heavy atom. The number of nitrogens with zero attached hydrogens (tertiary/aromatic N) is 1. The van der Waals surface area contributed by atoms with E-state index >= 15 is 0 Å². The maximum atomic E-state index is 13.3. The lowest BCUT2D eigenvalue weighted by atomic mass is 10.0. The van der Waals surface area contributed by atoms with Crippen LogP contribution in [0, 0.1) is 0 Å². The minimum atomic E-state index is -3.71. The second-order valence-electron chi connectivity index (χ2n) is 8.12. The van der Waals surface area contributed by atoms with Crippen LogP contribution in [0.2, 0.25) is 0 Å². The smallest absolute Gasteiger partial charge is 0.264 e. The van der Waals surface area contributed by atoms with Crippen LogP contribution in [0.15, 0.2) is 71.6 Å². The quantitative estimate of drug-likeness (QED) is 0.450. The van der Waals surface area contributed by atoms with Crippen LogP contribution < -0.4 is 23.8 Å². The topological polar surface area (TPSA) is 94.2 Å². The molecule has 1 aliphatic heterocycles. The number of carbonyl (C=O) groups is 1. The van der Waals surface area contributed by atoms with Gasteiger partial charge in [-0.1, -0.05) is 18.2 Å². The average Bonchev–Trinajstić information content (AvgIpc) is 2.91. The van der Waals surface area contributed by atoms with E-state index in [-0.39, 0.29) is 10.8 Å². The molecule has 1 N–H and O–H groups in total. The van der Waals surface area contributed by atoms with Gasteiger partial charge >= 0.3 is 0 Å². The molecule has 0 atom stereocenters. The monoisotopic (exact) mass is 508 g/mol. The van der Waals surface area contributed by atoms with Gasteiger partial charge in [-0.25, -0.2) is 8.42 Å². The van der Waals surface area contributed by atoms with Crippen molar-refractivity contribution in [1.29, 1.82) is 0 Å². The van der Waals surface area contributed by atoms with Gasteiger partial charge < -0.3 is 19.5 Å². The Hall–Kier alpha value is -3.98. The fourth-order valence-corrected chi connectivity index (χ4v) is 5.68. The highest BCUT2D eigenvalue weighted by molar-refractivity contribution is 7.92. The van der Waals surface area contributed by atoms with E-state index in [2.05, 4.69) is 5.32 Å². The minimum Gasteiger partial charge on any atom is -0.493 e. The minimum absolute atomic E-state index is 0.171. The first-order chi connectivity index (χ1) is 17.4. The van der Waals surface area contributed by atoms with Gasteiger partial charge in [-0.15, -0.1) is 0 Å². The highest BCUT2D eigenvalue weighted by atomic mass is 32.2. The molecule has 0 saturated carbocycles. The van der Waals surface area contributed by atoms with Crippen molar-refractivity contribution < 1.29 is 27.4 Å². The second-order valence-corrected chi connectivity index (χ2v) is 9.98. The molecular formula is C27H28N2O6S. The number of para-hydroxylation sites is 1. The molecule has 0 bridgehead atoms. The van der Waals surface area contributed by atoms with E-state index in [9.17, 15) is 13.2 Å². The number of methoxy groups -OCH3 is 3. The molecule has 1 aliphatic rings. The van der Waals surface area contributed by atoms with Crippen LogP contribution in [0.25, 0.3) is 6.08 Å². The van der Waals surface area contributed by atoms with Crippen LogP contribution in [0.5, 0.6) is 17.2 Å². The van der Waals surface area contributed by atoms with E-state index < -0.39 is 10.0 Å². The van der Waals surface area contributed by atoms with Gasteiger partial charge in [0.2, 0.25) is 11.7 Å². The van der Waals surface area contributed by atoms with Crippen molar-refractivity contribution in [2.24, 2.45) is 0 Å². The zero-order chi connectivity index (χ0) is 25.7. The number of ether oxygens (including phenoxy) is 3. The summed E-state index contributed by atoms with van der Waals surface area (Å²) in [5.74, 6) is 1.05. The molecule has 0 aliphatic carbocycles. The lowest BCUT2D eigenvalue weighted by Crippen LogP contribution is -2.35.